The van der Waals surface area contributed by atoms with Gasteiger partial charge in [0.25, 0.3) is 0 Å². The van der Waals surface area contributed by atoms with E-state index in [1.165, 1.54) is 25.7 Å². The highest BCUT2D eigenvalue weighted by Crippen LogP contribution is 2.36. The van der Waals surface area contributed by atoms with Crippen LogP contribution in [-0.4, -0.2) is 32.0 Å². The lowest BCUT2D eigenvalue weighted by Crippen LogP contribution is -2.49. The van der Waals surface area contributed by atoms with Crippen molar-refractivity contribution < 1.29 is 8.42 Å². The Morgan fingerprint density at radius 2 is 1.94 bits per heavy atom. The van der Waals surface area contributed by atoms with Crippen molar-refractivity contribution in [3.05, 3.63) is 0 Å². The summed E-state index contributed by atoms with van der Waals surface area (Å²) in [7, 11) is -2.75. The minimum atomic E-state index is -2.75. The molecule has 1 saturated heterocycles. The molecule has 0 bridgehead atoms. The smallest absolute Gasteiger partial charge is 0.151 e. The maximum absolute atomic E-state index is 11.4. The fraction of sp³-hybridized carbons (Fsp3) is 1.00. The Morgan fingerprint density at radius 3 is 2.50 bits per heavy atom. The van der Waals surface area contributed by atoms with Gasteiger partial charge in [0.05, 0.1) is 11.5 Å². The van der Waals surface area contributed by atoms with Crippen LogP contribution in [0.1, 0.15) is 46.0 Å². The van der Waals surface area contributed by atoms with Crippen molar-refractivity contribution in [1.29, 1.82) is 0 Å². The Bertz CT molecular complexity index is 348. The molecule has 0 aromatic rings. The first-order valence-electron chi connectivity index (χ1n) is 6.36. The van der Waals surface area contributed by atoms with Crippen LogP contribution in [0.3, 0.4) is 0 Å². The third-order valence-corrected chi connectivity index (χ3v) is 5.94. The van der Waals surface area contributed by atoms with Crippen molar-refractivity contribution in [3.8, 4) is 0 Å². The van der Waals surface area contributed by atoms with Gasteiger partial charge in [-0.1, -0.05) is 26.7 Å². The van der Waals surface area contributed by atoms with Gasteiger partial charge < -0.3 is 5.32 Å². The predicted octanol–water partition coefficient (Wildman–Crippen LogP) is 1.73. The van der Waals surface area contributed by atoms with Crippen LogP contribution < -0.4 is 5.32 Å². The van der Waals surface area contributed by atoms with E-state index in [0.29, 0.717) is 23.0 Å². The third kappa shape index (κ3) is 2.77. The van der Waals surface area contributed by atoms with Crippen molar-refractivity contribution in [2.24, 2.45) is 5.41 Å². The van der Waals surface area contributed by atoms with E-state index in [0.717, 1.165) is 6.42 Å². The molecule has 16 heavy (non-hydrogen) atoms. The average molecular weight is 245 g/mol. The molecule has 3 nitrogen and oxygen atoms in total. The number of rotatable bonds is 2. The highest BCUT2D eigenvalue weighted by molar-refractivity contribution is 7.91. The fourth-order valence-electron chi connectivity index (χ4n) is 3.01. The Kier molecular flexibility index (Phi) is 3.32. The van der Waals surface area contributed by atoms with Crippen LogP contribution in [-0.2, 0) is 9.84 Å². The Hall–Kier alpha value is -0.0900. The largest absolute Gasteiger partial charge is 0.310 e. The molecule has 2 fully saturated rings. The van der Waals surface area contributed by atoms with Crippen molar-refractivity contribution in [3.63, 3.8) is 0 Å². The summed E-state index contributed by atoms with van der Waals surface area (Å²) in [4.78, 5) is 0. The van der Waals surface area contributed by atoms with E-state index >= 15 is 0 Å². The summed E-state index contributed by atoms with van der Waals surface area (Å²) in [5, 5.41) is 3.58. The summed E-state index contributed by atoms with van der Waals surface area (Å²) >= 11 is 0. The average Bonchev–Trinajstić information content (AvgIpc) is 2.49. The first-order valence-corrected chi connectivity index (χ1v) is 8.18. The maximum Gasteiger partial charge on any atom is 0.151 e. The second-order valence-corrected chi connectivity index (χ2v) is 8.28. The van der Waals surface area contributed by atoms with Gasteiger partial charge >= 0.3 is 0 Å². The highest BCUT2D eigenvalue weighted by Gasteiger charge is 2.36. The van der Waals surface area contributed by atoms with E-state index in [9.17, 15) is 8.42 Å². The van der Waals surface area contributed by atoms with Gasteiger partial charge in [0.1, 0.15) is 0 Å². The quantitative estimate of drug-likeness (QED) is 0.806. The van der Waals surface area contributed by atoms with E-state index in [1.54, 1.807) is 0 Å². The van der Waals surface area contributed by atoms with Crippen molar-refractivity contribution in [1.82, 2.24) is 5.32 Å². The zero-order chi connectivity index (χ0) is 11.8. The standard InChI is InChI=1S/C12H23NO2S/c1-12(2)7-4-3-5-11(12)13-10-6-8-16(14,15)9-10/h10-11,13H,3-9H2,1-2H3. The van der Waals surface area contributed by atoms with Crippen LogP contribution >= 0.6 is 0 Å². The van der Waals surface area contributed by atoms with Gasteiger partial charge in [-0.25, -0.2) is 8.42 Å². The maximum atomic E-state index is 11.4. The molecule has 2 aliphatic rings. The van der Waals surface area contributed by atoms with Crippen molar-refractivity contribution in [2.45, 2.75) is 58.0 Å². The molecule has 2 atom stereocenters. The Labute approximate surface area is 98.9 Å². The number of nitrogens with one attached hydrogen (secondary N) is 1. The van der Waals surface area contributed by atoms with Crippen LogP contribution in [0.2, 0.25) is 0 Å². The lowest BCUT2D eigenvalue weighted by atomic mass is 9.73. The summed E-state index contributed by atoms with van der Waals surface area (Å²) in [5.74, 6) is 0.720. The Morgan fingerprint density at radius 1 is 1.19 bits per heavy atom. The predicted molar refractivity (Wildman–Crippen MR) is 66.2 cm³/mol. The van der Waals surface area contributed by atoms with Gasteiger partial charge in [0.15, 0.2) is 9.84 Å². The van der Waals surface area contributed by atoms with Crippen LogP contribution in [0, 0.1) is 5.41 Å². The molecule has 0 spiro atoms. The van der Waals surface area contributed by atoms with Gasteiger partial charge in [-0.05, 0) is 24.7 Å². The molecule has 1 aliphatic heterocycles. The summed E-state index contributed by atoms with van der Waals surface area (Å²) in [6, 6.07) is 0.701. The number of hydrogen-bond acceptors (Lipinski definition) is 3. The molecule has 0 radical (unpaired) electrons. The molecule has 4 heteroatoms. The number of sulfone groups is 1. The van der Waals surface area contributed by atoms with Crippen LogP contribution in [0.4, 0.5) is 0 Å². The molecule has 1 saturated carbocycles. The number of hydrogen-bond donors (Lipinski definition) is 1. The van der Waals surface area contributed by atoms with E-state index in [-0.39, 0.29) is 6.04 Å². The highest BCUT2D eigenvalue weighted by atomic mass is 32.2. The monoisotopic (exact) mass is 245 g/mol. The zero-order valence-electron chi connectivity index (χ0n) is 10.3. The van der Waals surface area contributed by atoms with Crippen LogP contribution in [0.15, 0.2) is 0 Å². The summed E-state index contributed by atoms with van der Waals surface area (Å²) in [6.07, 6.45) is 5.84. The summed E-state index contributed by atoms with van der Waals surface area (Å²) < 4.78 is 22.8. The van der Waals surface area contributed by atoms with Gasteiger partial charge in [-0.3, -0.25) is 0 Å². The minimum Gasteiger partial charge on any atom is -0.310 e. The minimum absolute atomic E-state index is 0.201. The van der Waals surface area contributed by atoms with Gasteiger partial charge in [-0.15, -0.1) is 0 Å². The third-order valence-electron chi connectivity index (χ3n) is 4.18. The fourth-order valence-corrected chi connectivity index (χ4v) is 4.70. The van der Waals surface area contributed by atoms with Gasteiger partial charge in [-0.2, -0.15) is 0 Å². The lowest BCUT2D eigenvalue weighted by Gasteiger charge is -2.40. The molecule has 0 aromatic heterocycles. The molecule has 1 heterocycles. The molecule has 1 aliphatic carbocycles. The normalized spacial score (nSPS) is 37.4. The van der Waals surface area contributed by atoms with Gasteiger partial charge in [0, 0.05) is 12.1 Å². The second kappa shape index (κ2) is 4.30. The molecular formula is C12H23NO2S. The molecule has 0 aromatic carbocycles. The summed E-state index contributed by atoms with van der Waals surface area (Å²) in [5.41, 5.74) is 0.324. The zero-order valence-corrected chi connectivity index (χ0v) is 11.1. The lowest BCUT2D eigenvalue weighted by molar-refractivity contribution is 0.158. The van der Waals surface area contributed by atoms with E-state index < -0.39 is 9.84 Å². The van der Waals surface area contributed by atoms with Crippen LogP contribution in [0.25, 0.3) is 0 Å². The molecule has 1 N–H and O–H groups in total. The van der Waals surface area contributed by atoms with Gasteiger partial charge in [0.2, 0.25) is 0 Å². The van der Waals surface area contributed by atoms with E-state index in [2.05, 4.69) is 19.2 Å². The van der Waals surface area contributed by atoms with Crippen LogP contribution in [0.5, 0.6) is 0 Å². The SMILES string of the molecule is CC1(C)CCCCC1NC1CCS(=O)(=O)C1. The first kappa shape index (κ1) is 12.4. The first-order chi connectivity index (χ1) is 7.39. The van der Waals surface area contributed by atoms with Crippen molar-refractivity contribution >= 4 is 9.84 Å². The second-order valence-electron chi connectivity index (χ2n) is 6.05. The molecule has 94 valence electrons. The molecule has 2 rings (SSSR count). The molecular weight excluding hydrogens is 222 g/mol. The Balaban J connectivity index is 1.94. The van der Waals surface area contributed by atoms with E-state index in [4.69, 9.17) is 0 Å². The molecule has 0 amide bonds. The topological polar surface area (TPSA) is 46.2 Å². The van der Waals surface area contributed by atoms with Crippen molar-refractivity contribution in [2.75, 3.05) is 11.5 Å². The summed E-state index contributed by atoms with van der Waals surface area (Å²) in [6.45, 7) is 4.60. The molecule has 2 unspecified atom stereocenters. The van der Waals surface area contributed by atoms with E-state index in [1.807, 2.05) is 0 Å².